The molecule has 2 aromatic rings. The summed E-state index contributed by atoms with van der Waals surface area (Å²) in [6.07, 6.45) is 2.27. The zero-order valence-corrected chi connectivity index (χ0v) is 16.6. The molecule has 1 aliphatic rings. The second kappa shape index (κ2) is 8.94. The van der Waals surface area contributed by atoms with Gasteiger partial charge in [0.2, 0.25) is 5.91 Å². The Morgan fingerprint density at radius 2 is 1.96 bits per heavy atom. The maximum Gasteiger partial charge on any atom is 0.328 e. The average Bonchev–Trinajstić information content (AvgIpc) is 2.68. The number of aromatic nitrogens is 2. The van der Waals surface area contributed by atoms with Crippen LogP contribution in [0.2, 0.25) is 10.0 Å². The van der Waals surface area contributed by atoms with Gasteiger partial charge in [0.05, 0.1) is 16.1 Å². The van der Waals surface area contributed by atoms with Crippen LogP contribution in [-0.4, -0.2) is 27.1 Å². The van der Waals surface area contributed by atoms with Crippen molar-refractivity contribution in [3.05, 3.63) is 65.9 Å². The van der Waals surface area contributed by atoms with Gasteiger partial charge in [0, 0.05) is 30.8 Å². The molecule has 0 aliphatic heterocycles. The fourth-order valence-electron chi connectivity index (χ4n) is 3.38. The lowest BCUT2D eigenvalue weighted by Crippen LogP contribution is -2.38. The molecule has 1 atom stereocenters. The van der Waals surface area contributed by atoms with E-state index in [1.807, 2.05) is 0 Å². The van der Waals surface area contributed by atoms with Gasteiger partial charge in [-0.05, 0) is 43.4 Å². The largest absolute Gasteiger partial charge is 0.387 e. The minimum absolute atomic E-state index is 0.00935. The minimum atomic E-state index is -0.928. The number of rotatable bonds is 6. The second-order valence-corrected chi connectivity index (χ2v) is 7.60. The lowest BCUT2D eigenvalue weighted by molar-refractivity contribution is -0.121. The first-order chi connectivity index (χ1) is 13.4. The average molecular weight is 426 g/mol. The quantitative estimate of drug-likeness (QED) is 0.657. The number of hydrogen-bond acceptors (Lipinski definition) is 4. The van der Waals surface area contributed by atoms with Crippen LogP contribution >= 0.6 is 23.2 Å². The first-order valence-electron chi connectivity index (χ1n) is 9.11. The van der Waals surface area contributed by atoms with E-state index in [0.717, 1.165) is 18.5 Å². The zero-order chi connectivity index (χ0) is 20.3. The van der Waals surface area contributed by atoms with Crippen molar-refractivity contribution < 1.29 is 9.90 Å². The van der Waals surface area contributed by atoms with E-state index in [1.54, 1.807) is 18.2 Å². The van der Waals surface area contributed by atoms with Crippen LogP contribution < -0.4 is 16.6 Å². The third kappa shape index (κ3) is 4.66. The molecule has 150 valence electrons. The second-order valence-electron chi connectivity index (χ2n) is 6.79. The fourth-order valence-corrected chi connectivity index (χ4v) is 3.69. The number of nitrogens with one attached hydrogen (secondary N) is 2. The molecule has 28 heavy (non-hydrogen) atoms. The van der Waals surface area contributed by atoms with Gasteiger partial charge in [0.15, 0.2) is 0 Å². The summed E-state index contributed by atoms with van der Waals surface area (Å²) in [6.45, 7) is 0.183. The molecule has 1 unspecified atom stereocenters. The number of benzene rings is 1. The van der Waals surface area contributed by atoms with E-state index in [4.69, 9.17) is 23.2 Å². The highest BCUT2D eigenvalue weighted by atomic mass is 35.5. The summed E-state index contributed by atoms with van der Waals surface area (Å²) in [7, 11) is 0. The zero-order valence-electron chi connectivity index (χ0n) is 15.1. The molecule has 3 N–H and O–H groups in total. The molecular formula is C19H21Cl2N3O4. The number of carbonyl (C=O) groups is 1. The van der Waals surface area contributed by atoms with Crippen LogP contribution in [0.25, 0.3) is 0 Å². The lowest BCUT2D eigenvalue weighted by Gasteiger charge is -2.19. The number of hydrogen-bond donors (Lipinski definition) is 3. The number of aliphatic hydroxyl groups is 1. The van der Waals surface area contributed by atoms with Crippen molar-refractivity contribution in [1.82, 2.24) is 14.9 Å². The van der Waals surface area contributed by atoms with E-state index in [9.17, 15) is 19.5 Å². The van der Waals surface area contributed by atoms with Crippen LogP contribution in [0.5, 0.6) is 0 Å². The number of halogens is 2. The Hall–Kier alpha value is -2.09. The van der Waals surface area contributed by atoms with Gasteiger partial charge in [0.25, 0.3) is 5.56 Å². The third-order valence-corrected chi connectivity index (χ3v) is 5.63. The monoisotopic (exact) mass is 425 g/mol. The van der Waals surface area contributed by atoms with Crippen molar-refractivity contribution in [3.63, 3.8) is 0 Å². The fraction of sp³-hybridized carbons (Fsp3) is 0.421. The predicted octanol–water partition coefficient (Wildman–Crippen LogP) is 1.96. The van der Waals surface area contributed by atoms with E-state index >= 15 is 0 Å². The topological polar surface area (TPSA) is 104 Å². The Balaban J connectivity index is 1.60. The van der Waals surface area contributed by atoms with Crippen LogP contribution in [-0.2, 0) is 24.2 Å². The smallest absolute Gasteiger partial charge is 0.328 e. The van der Waals surface area contributed by atoms with Crippen molar-refractivity contribution in [1.29, 1.82) is 0 Å². The summed E-state index contributed by atoms with van der Waals surface area (Å²) in [5.74, 6) is -0.304. The Bertz CT molecular complexity index is 1000. The van der Waals surface area contributed by atoms with Gasteiger partial charge in [-0.3, -0.25) is 19.1 Å². The van der Waals surface area contributed by atoms with Crippen molar-refractivity contribution in [3.8, 4) is 0 Å². The molecule has 3 rings (SSSR count). The van der Waals surface area contributed by atoms with E-state index in [0.29, 0.717) is 34.0 Å². The van der Waals surface area contributed by atoms with Gasteiger partial charge in [-0.25, -0.2) is 4.79 Å². The predicted molar refractivity (Wildman–Crippen MR) is 107 cm³/mol. The SMILES string of the molecule is O=C(CCn1c2c(c(=O)[nH]c1=O)CCCC2)NCC(O)c1ccc(Cl)c(Cl)c1. The van der Waals surface area contributed by atoms with Gasteiger partial charge < -0.3 is 10.4 Å². The maximum atomic E-state index is 12.2. The molecule has 1 heterocycles. The first-order valence-corrected chi connectivity index (χ1v) is 9.87. The Morgan fingerprint density at radius 1 is 1.21 bits per heavy atom. The summed E-state index contributed by atoms with van der Waals surface area (Å²) >= 11 is 11.8. The molecule has 1 aromatic heterocycles. The number of aliphatic hydroxyl groups excluding tert-OH is 1. The van der Waals surface area contributed by atoms with Crippen LogP contribution in [0.1, 0.15) is 42.2 Å². The van der Waals surface area contributed by atoms with E-state index in [2.05, 4.69) is 10.3 Å². The highest BCUT2D eigenvalue weighted by Gasteiger charge is 2.19. The van der Waals surface area contributed by atoms with Crippen molar-refractivity contribution in [2.45, 2.75) is 44.8 Å². The summed E-state index contributed by atoms with van der Waals surface area (Å²) < 4.78 is 1.48. The number of aromatic amines is 1. The highest BCUT2D eigenvalue weighted by molar-refractivity contribution is 6.42. The maximum absolute atomic E-state index is 12.2. The summed E-state index contributed by atoms with van der Waals surface area (Å²) in [5.41, 5.74) is 1.09. The van der Waals surface area contributed by atoms with Crippen LogP contribution in [0.4, 0.5) is 0 Å². The number of H-pyrrole nitrogens is 1. The van der Waals surface area contributed by atoms with Crippen LogP contribution in [0, 0.1) is 0 Å². The van der Waals surface area contributed by atoms with Gasteiger partial charge in [-0.1, -0.05) is 29.3 Å². The van der Waals surface area contributed by atoms with Crippen LogP contribution in [0.15, 0.2) is 27.8 Å². The Kier molecular flexibility index (Phi) is 6.59. The third-order valence-electron chi connectivity index (χ3n) is 4.89. The molecule has 0 spiro atoms. The highest BCUT2D eigenvalue weighted by Crippen LogP contribution is 2.25. The summed E-state index contributed by atoms with van der Waals surface area (Å²) in [6, 6.07) is 4.76. The minimum Gasteiger partial charge on any atom is -0.387 e. The molecule has 0 radical (unpaired) electrons. The number of fused-ring (bicyclic) bond motifs is 1. The van der Waals surface area contributed by atoms with Crippen molar-refractivity contribution in [2.24, 2.45) is 0 Å². The standard InChI is InChI=1S/C19H21Cl2N3O4/c20-13-6-5-11(9-14(13)21)16(25)10-22-17(26)7-8-24-15-4-2-1-3-12(15)18(27)23-19(24)28/h5-6,9,16,25H,1-4,7-8,10H2,(H,22,26)(H,23,27,28). The van der Waals surface area contributed by atoms with Gasteiger partial charge in [-0.15, -0.1) is 0 Å². The molecule has 7 nitrogen and oxygen atoms in total. The molecule has 1 amide bonds. The van der Waals surface area contributed by atoms with E-state index < -0.39 is 11.8 Å². The Morgan fingerprint density at radius 3 is 2.71 bits per heavy atom. The number of amides is 1. The molecule has 1 aromatic carbocycles. The normalized spacial score (nSPS) is 14.4. The van der Waals surface area contributed by atoms with E-state index in [-0.39, 0.29) is 31.0 Å². The summed E-state index contributed by atoms with van der Waals surface area (Å²) in [4.78, 5) is 38.6. The number of carbonyl (C=O) groups excluding carboxylic acids is 1. The molecule has 1 aliphatic carbocycles. The molecule has 0 bridgehead atoms. The first kappa shape index (κ1) is 20.6. The molecule has 9 heteroatoms. The van der Waals surface area contributed by atoms with E-state index in [1.165, 1.54) is 4.57 Å². The molecule has 0 fully saturated rings. The molecular weight excluding hydrogens is 405 g/mol. The van der Waals surface area contributed by atoms with Gasteiger partial charge >= 0.3 is 5.69 Å². The Labute approximate surface area is 171 Å². The summed E-state index contributed by atoms with van der Waals surface area (Å²) in [5, 5.41) is 13.5. The van der Waals surface area contributed by atoms with Gasteiger partial charge in [0.1, 0.15) is 0 Å². The molecule has 0 saturated carbocycles. The van der Waals surface area contributed by atoms with Crippen molar-refractivity contribution >= 4 is 29.1 Å². The molecule has 0 saturated heterocycles. The van der Waals surface area contributed by atoms with Crippen LogP contribution in [0.3, 0.4) is 0 Å². The lowest BCUT2D eigenvalue weighted by atomic mass is 9.97. The van der Waals surface area contributed by atoms with Gasteiger partial charge in [-0.2, -0.15) is 0 Å². The number of nitrogens with zero attached hydrogens (tertiary/aromatic N) is 1. The van der Waals surface area contributed by atoms with Crippen molar-refractivity contribution in [2.75, 3.05) is 6.54 Å².